The first-order chi connectivity index (χ1) is 11.4. The van der Waals surface area contributed by atoms with E-state index < -0.39 is 0 Å². The molecule has 0 spiro atoms. The molecule has 3 heteroatoms. The fraction of sp³-hybridized carbons (Fsp3) is 0.429. The number of nitrogens with zero attached hydrogens (tertiary/aromatic N) is 1. The van der Waals surface area contributed by atoms with Crippen LogP contribution in [0.4, 0.5) is 0 Å². The maximum Gasteiger partial charge on any atom is 0.0456 e. The minimum atomic E-state index is -0.231. The van der Waals surface area contributed by atoms with E-state index in [1.807, 2.05) is 13.1 Å². The average molecular weight is 342 g/mol. The molecule has 128 valence electrons. The number of nitrogens with one attached hydrogen (secondary N) is 1. The molecule has 0 saturated heterocycles. The molecule has 5 atom stereocenters. The minimum Gasteiger partial charge on any atom is -0.661 e. The van der Waals surface area contributed by atoms with Crippen molar-refractivity contribution in [3.05, 3.63) is 66.1 Å². The van der Waals surface area contributed by atoms with Crippen LogP contribution in [0.15, 0.2) is 55.3 Å². The third-order valence-corrected chi connectivity index (χ3v) is 6.53. The molecule has 1 fully saturated rings. The molecule has 0 aliphatic heterocycles. The highest BCUT2D eigenvalue weighted by molar-refractivity contribution is 6.21. The van der Waals surface area contributed by atoms with Crippen molar-refractivity contribution in [2.75, 3.05) is 7.05 Å². The fourth-order valence-corrected chi connectivity index (χ4v) is 4.78. The molecule has 1 saturated carbocycles. The molecule has 2 aromatic rings. The van der Waals surface area contributed by atoms with Gasteiger partial charge in [0.2, 0.25) is 0 Å². The maximum absolute atomic E-state index is 6.80. The largest absolute Gasteiger partial charge is 0.661 e. The van der Waals surface area contributed by atoms with E-state index in [2.05, 4.69) is 62.5 Å². The van der Waals surface area contributed by atoms with Crippen LogP contribution in [0.5, 0.6) is 0 Å². The van der Waals surface area contributed by atoms with Gasteiger partial charge in [-0.05, 0) is 42.2 Å². The fourth-order valence-electron chi connectivity index (χ4n) is 4.37. The zero-order valence-electron chi connectivity index (χ0n) is 14.7. The number of rotatable bonds is 4. The molecule has 0 bridgehead atoms. The lowest BCUT2D eigenvalue weighted by Crippen LogP contribution is -2.49. The van der Waals surface area contributed by atoms with Crippen LogP contribution in [0.2, 0.25) is 0 Å². The number of hydrogen-bond acceptors (Lipinski definition) is 0. The lowest BCUT2D eigenvalue weighted by atomic mass is 9.59. The Morgan fingerprint density at radius 3 is 2.75 bits per heavy atom. The Morgan fingerprint density at radius 1 is 1.42 bits per heavy atom. The molecular weight excluding hydrogens is 316 g/mol. The van der Waals surface area contributed by atoms with Gasteiger partial charge < -0.3 is 10.3 Å². The van der Waals surface area contributed by atoms with Crippen LogP contribution < -0.4 is 0 Å². The van der Waals surface area contributed by atoms with Gasteiger partial charge in [0, 0.05) is 22.5 Å². The van der Waals surface area contributed by atoms with Gasteiger partial charge in [0.05, 0.1) is 0 Å². The van der Waals surface area contributed by atoms with Crippen LogP contribution >= 0.6 is 11.6 Å². The molecule has 1 N–H and O–H groups in total. The lowest BCUT2D eigenvalue weighted by Gasteiger charge is -2.57. The van der Waals surface area contributed by atoms with Crippen molar-refractivity contribution < 1.29 is 0 Å². The van der Waals surface area contributed by atoms with Crippen LogP contribution in [0, 0.1) is 11.3 Å². The standard InChI is InChI=1S/C21H26ClN2/c1-6-21(4)18(22)11-15(13(2)3)19(20(21)23-5)16-12-24-17-10-8-7-9-14(16)17/h6-10,12,15,18-20,24H,1-2,11H2,3-5H3/q-1/t15-,18-,19+,20-,21+/m1/s1. The van der Waals surface area contributed by atoms with E-state index in [9.17, 15) is 0 Å². The van der Waals surface area contributed by atoms with Crippen molar-refractivity contribution in [1.82, 2.24) is 4.98 Å². The highest BCUT2D eigenvalue weighted by Crippen LogP contribution is 2.55. The van der Waals surface area contributed by atoms with E-state index in [4.69, 9.17) is 16.9 Å². The Hall–Kier alpha value is -1.51. The van der Waals surface area contributed by atoms with Gasteiger partial charge in [-0.3, -0.25) is 0 Å². The molecule has 24 heavy (non-hydrogen) atoms. The number of aromatic nitrogens is 1. The van der Waals surface area contributed by atoms with E-state index in [0.29, 0.717) is 5.92 Å². The Kier molecular flexibility index (Phi) is 4.63. The quantitative estimate of drug-likeness (QED) is 0.520. The van der Waals surface area contributed by atoms with E-state index in [-0.39, 0.29) is 22.8 Å². The molecule has 0 unspecified atom stereocenters. The normalized spacial score (nSPS) is 33.5. The topological polar surface area (TPSA) is 29.9 Å². The number of hydrogen-bond donors (Lipinski definition) is 1. The van der Waals surface area contributed by atoms with Gasteiger partial charge in [-0.15, -0.1) is 24.2 Å². The summed E-state index contributed by atoms with van der Waals surface area (Å²) in [5.74, 6) is 0.565. The molecule has 1 heterocycles. The smallest absolute Gasteiger partial charge is 0.0456 e. The molecular formula is C21H26ClN2-. The molecule has 0 radical (unpaired) electrons. The molecule has 2 nitrogen and oxygen atoms in total. The summed E-state index contributed by atoms with van der Waals surface area (Å²) in [5.41, 5.74) is 3.42. The molecule has 3 rings (SSSR count). The second-order valence-electron chi connectivity index (χ2n) is 7.24. The highest BCUT2D eigenvalue weighted by atomic mass is 35.5. The third kappa shape index (κ3) is 2.53. The van der Waals surface area contributed by atoms with Crippen molar-refractivity contribution in [2.24, 2.45) is 11.3 Å². The number of aromatic amines is 1. The molecule has 1 aliphatic rings. The minimum absolute atomic E-state index is 0.00635. The van der Waals surface area contributed by atoms with Crippen molar-refractivity contribution >= 4 is 22.5 Å². The average Bonchev–Trinajstić information content (AvgIpc) is 3.00. The van der Waals surface area contributed by atoms with Gasteiger partial charge in [-0.25, -0.2) is 0 Å². The number of H-pyrrole nitrogens is 1. The summed E-state index contributed by atoms with van der Waals surface area (Å²) >= 11 is 6.80. The summed E-state index contributed by atoms with van der Waals surface area (Å²) in [5, 5.41) is 6.06. The second-order valence-corrected chi connectivity index (χ2v) is 7.77. The van der Waals surface area contributed by atoms with Crippen LogP contribution in [0.1, 0.15) is 31.7 Å². The van der Waals surface area contributed by atoms with Crippen LogP contribution in [0.25, 0.3) is 16.2 Å². The van der Waals surface area contributed by atoms with Gasteiger partial charge >= 0.3 is 0 Å². The monoisotopic (exact) mass is 341 g/mol. The number of likely N-dealkylation sites (N-methyl/N-ethyl adjacent to an activating group) is 1. The zero-order valence-corrected chi connectivity index (χ0v) is 15.5. The van der Waals surface area contributed by atoms with Crippen molar-refractivity contribution in [3.63, 3.8) is 0 Å². The van der Waals surface area contributed by atoms with Crippen molar-refractivity contribution in [1.29, 1.82) is 0 Å². The van der Waals surface area contributed by atoms with Gasteiger partial charge in [0.25, 0.3) is 0 Å². The highest BCUT2D eigenvalue weighted by Gasteiger charge is 2.46. The number of halogens is 1. The predicted octanol–water partition coefficient (Wildman–Crippen LogP) is 6.02. The number of fused-ring (bicyclic) bond motifs is 1. The molecule has 0 amide bonds. The van der Waals surface area contributed by atoms with Crippen LogP contribution in [0.3, 0.4) is 0 Å². The predicted molar refractivity (Wildman–Crippen MR) is 105 cm³/mol. The number of alkyl halides is 1. The van der Waals surface area contributed by atoms with Gasteiger partial charge in [-0.1, -0.05) is 43.4 Å². The molecule has 1 aromatic carbocycles. The van der Waals surface area contributed by atoms with Gasteiger partial charge in [0.15, 0.2) is 0 Å². The number of para-hydroxylation sites is 1. The third-order valence-electron chi connectivity index (χ3n) is 5.88. The maximum atomic E-state index is 6.80. The Morgan fingerprint density at radius 2 is 2.12 bits per heavy atom. The first kappa shape index (κ1) is 17.3. The summed E-state index contributed by atoms with van der Waals surface area (Å²) in [6.07, 6.45) is 5.04. The Labute approximate surface area is 150 Å². The SMILES string of the molecule is C=C[C@@]1(C)[C@H](Cl)C[C@H](C(=C)C)[C@@H](c2c[nH]c3ccccc23)[C@H]1[N-]C. The Balaban J connectivity index is 2.19. The van der Waals surface area contributed by atoms with E-state index >= 15 is 0 Å². The van der Waals surface area contributed by atoms with Gasteiger partial charge in [0.1, 0.15) is 0 Å². The van der Waals surface area contributed by atoms with E-state index in [1.165, 1.54) is 16.5 Å². The summed E-state index contributed by atoms with van der Waals surface area (Å²) in [4.78, 5) is 3.42. The second kappa shape index (κ2) is 6.42. The summed E-state index contributed by atoms with van der Waals surface area (Å²) < 4.78 is 0. The number of benzene rings is 1. The van der Waals surface area contributed by atoms with E-state index in [0.717, 1.165) is 11.9 Å². The van der Waals surface area contributed by atoms with E-state index in [1.54, 1.807) is 0 Å². The first-order valence-corrected chi connectivity index (χ1v) is 8.95. The Bertz CT molecular complexity index is 762. The van der Waals surface area contributed by atoms with Crippen molar-refractivity contribution in [2.45, 2.75) is 37.6 Å². The molecule has 1 aliphatic carbocycles. The zero-order chi connectivity index (χ0) is 17.5. The van der Waals surface area contributed by atoms with Crippen LogP contribution in [-0.4, -0.2) is 23.5 Å². The summed E-state index contributed by atoms with van der Waals surface area (Å²) in [6, 6.07) is 8.53. The van der Waals surface area contributed by atoms with Crippen LogP contribution in [-0.2, 0) is 0 Å². The lowest BCUT2D eigenvalue weighted by molar-refractivity contribution is 0.197. The summed E-state index contributed by atoms with van der Waals surface area (Å²) in [7, 11) is 1.90. The van der Waals surface area contributed by atoms with Gasteiger partial charge in [-0.2, -0.15) is 7.05 Å². The summed E-state index contributed by atoms with van der Waals surface area (Å²) in [6.45, 7) is 12.6. The first-order valence-electron chi connectivity index (χ1n) is 8.52. The molecule has 1 aromatic heterocycles. The van der Waals surface area contributed by atoms with Crippen molar-refractivity contribution in [3.8, 4) is 0 Å². The number of allylic oxidation sites excluding steroid dienone is 1.